The number of imidazole rings is 1. The van der Waals surface area contributed by atoms with Gasteiger partial charge in [0, 0.05) is 5.56 Å². The summed E-state index contributed by atoms with van der Waals surface area (Å²) in [6, 6.07) is 15.1. The Morgan fingerprint density at radius 1 is 1.11 bits per heavy atom. The molecule has 0 saturated carbocycles. The first kappa shape index (κ1) is 19.0. The first-order valence-corrected chi connectivity index (χ1v) is 9.86. The first-order valence-electron chi connectivity index (χ1n) is 8.81. The number of aryl methyl sites for hydroxylation is 1. The Hall–Kier alpha value is -2.80. The largest absolute Gasteiger partial charge is 0.341 e. The summed E-state index contributed by atoms with van der Waals surface area (Å²) in [4.78, 5) is 31.9. The minimum Gasteiger partial charge on any atom is -0.341 e. The molecule has 0 radical (unpaired) electrons. The van der Waals surface area contributed by atoms with Crippen molar-refractivity contribution < 1.29 is 9.59 Å². The molecule has 27 heavy (non-hydrogen) atoms. The number of aromatic amines is 1. The zero-order chi connectivity index (χ0) is 19.2. The summed E-state index contributed by atoms with van der Waals surface area (Å²) >= 11 is 1.45. The second-order valence-corrected chi connectivity index (χ2v) is 7.47. The van der Waals surface area contributed by atoms with Crippen LogP contribution in [-0.4, -0.2) is 27.5 Å². The van der Waals surface area contributed by atoms with Gasteiger partial charge in [-0.3, -0.25) is 20.4 Å². The fourth-order valence-corrected chi connectivity index (χ4v) is 3.31. The smallest absolute Gasteiger partial charge is 0.269 e. The molecular weight excluding hydrogens is 360 g/mol. The van der Waals surface area contributed by atoms with Gasteiger partial charge in [-0.05, 0) is 43.2 Å². The fraction of sp³-hybridized carbons (Fsp3) is 0.250. The summed E-state index contributed by atoms with van der Waals surface area (Å²) in [5, 5.41) is 0.0282. The molecule has 0 saturated heterocycles. The van der Waals surface area contributed by atoms with Crippen molar-refractivity contribution in [3.8, 4) is 0 Å². The maximum absolute atomic E-state index is 12.1. The van der Waals surface area contributed by atoms with Crippen LogP contribution in [0.4, 0.5) is 0 Å². The summed E-state index contributed by atoms with van der Waals surface area (Å²) in [6.07, 6.45) is 0.916. The van der Waals surface area contributed by atoms with Gasteiger partial charge < -0.3 is 4.98 Å². The molecule has 2 aromatic carbocycles. The lowest BCUT2D eigenvalue weighted by Crippen LogP contribution is -2.42. The van der Waals surface area contributed by atoms with E-state index in [9.17, 15) is 9.59 Å². The SMILES string of the molecule is CCc1ccc(C(=O)NNC(=O)CS[C@@H](C)c2nc3ccccc3[nH]2)cc1. The van der Waals surface area contributed by atoms with Crippen LogP contribution in [0.5, 0.6) is 0 Å². The molecule has 0 fully saturated rings. The normalized spacial score (nSPS) is 11.9. The molecule has 0 aliphatic heterocycles. The number of aromatic nitrogens is 2. The predicted octanol–water partition coefficient (Wildman–Crippen LogP) is 3.38. The molecule has 0 aliphatic carbocycles. The van der Waals surface area contributed by atoms with Gasteiger partial charge in [-0.15, -0.1) is 11.8 Å². The van der Waals surface area contributed by atoms with Gasteiger partial charge in [-0.2, -0.15) is 0 Å². The molecule has 3 aromatic rings. The molecule has 7 heteroatoms. The molecule has 6 nitrogen and oxygen atoms in total. The van der Waals surface area contributed by atoms with E-state index in [1.54, 1.807) is 12.1 Å². The molecule has 3 N–H and O–H groups in total. The van der Waals surface area contributed by atoms with Crippen LogP contribution in [0.15, 0.2) is 48.5 Å². The summed E-state index contributed by atoms with van der Waals surface area (Å²) in [5.41, 5.74) is 8.45. The van der Waals surface area contributed by atoms with E-state index in [2.05, 4.69) is 27.7 Å². The Kier molecular flexibility index (Phi) is 6.13. The van der Waals surface area contributed by atoms with Gasteiger partial charge in [0.1, 0.15) is 5.82 Å². The second kappa shape index (κ2) is 8.73. The molecular formula is C20H22N4O2S. The summed E-state index contributed by atoms with van der Waals surface area (Å²) in [7, 11) is 0. The first-order chi connectivity index (χ1) is 13.1. The predicted molar refractivity (Wildman–Crippen MR) is 108 cm³/mol. The highest BCUT2D eigenvalue weighted by atomic mass is 32.2. The molecule has 2 amide bonds. The van der Waals surface area contributed by atoms with Gasteiger partial charge in [0.15, 0.2) is 0 Å². The number of nitrogens with zero attached hydrogens (tertiary/aromatic N) is 1. The van der Waals surface area contributed by atoms with Crippen molar-refractivity contribution in [3.63, 3.8) is 0 Å². The maximum Gasteiger partial charge on any atom is 0.269 e. The second-order valence-electron chi connectivity index (χ2n) is 6.15. The van der Waals surface area contributed by atoms with Crippen molar-refractivity contribution in [1.82, 2.24) is 20.8 Å². The van der Waals surface area contributed by atoms with Crippen LogP contribution >= 0.6 is 11.8 Å². The summed E-state index contributed by atoms with van der Waals surface area (Å²) < 4.78 is 0. The molecule has 1 atom stereocenters. The highest BCUT2D eigenvalue weighted by molar-refractivity contribution is 8.00. The number of H-pyrrole nitrogens is 1. The molecule has 0 unspecified atom stereocenters. The Morgan fingerprint density at radius 2 is 1.85 bits per heavy atom. The van der Waals surface area contributed by atoms with Crippen molar-refractivity contribution in [3.05, 3.63) is 65.5 Å². The van der Waals surface area contributed by atoms with Crippen molar-refractivity contribution in [2.75, 3.05) is 5.75 Å². The van der Waals surface area contributed by atoms with Gasteiger partial charge >= 0.3 is 0 Å². The lowest BCUT2D eigenvalue weighted by atomic mass is 10.1. The Balaban J connectivity index is 1.46. The van der Waals surface area contributed by atoms with Crippen LogP contribution in [-0.2, 0) is 11.2 Å². The number of para-hydroxylation sites is 2. The Morgan fingerprint density at radius 3 is 2.56 bits per heavy atom. The molecule has 1 heterocycles. The monoisotopic (exact) mass is 382 g/mol. The van der Waals surface area contributed by atoms with Gasteiger partial charge in [0.2, 0.25) is 5.91 Å². The lowest BCUT2D eigenvalue weighted by molar-refractivity contribution is -0.119. The van der Waals surface area contributed by atoms with Crippen LogP contribution in [0.25, 0.3) is 11.0 Å². The number of nitrogens with one attached hydrogen (secondary N) is 3. The number of hydrogen-bond donors (Lipinski definition) is 3. The van der Waals surface area contributed by atoms with Crippen LogP contribution in [0, 0.1) is 0 Å². The average molecular weight is 382 g/mol. The molecule has 1 aromatic heterocycles. The van der Waals surface area contributed by atoms with Crippen LogP contribution in [0.2, 0.25) is 0 Å². The Labute approximate surface area is 162 Å². The molecule has 3 rings (SSSR count). The number of benzene rings is 2. The number of hydrogen-bond acceptors (Lipinski definition) is 4. The summed E-state index contributed by atoms with van der Waals surface area (Å²) in [5.74, 6) is 0.449. The average Bonchev–Trinajstić information content (AvgIpc) is 3.14. The fourth-order valence-electron chi connectivity index (χ4n) is 2.57. The number of carbonyl (C=O) groups is 2. The minimum atomic E-state index is -0.332. The van der Waals surface area contributed by atoms with Gasteiger partial charge in [0.05, 0.1) is 22.0 Å². The number of rotatable bonds is 6. The van der Waals surface area contributed by atoms with E-state index in [1.807, 2.05) is 43.3 Å². The third-order valence-corrected chi connectivity index (χ3v) is 5.35. The van der Waals surface area contributed by atoms with Crippen molar-refractivity contribution in [2.24, 2.45) is 0 Å². The van der Waals surface area contributed by atoms with E-state index in [1.165, 1.54) is 11.8 Å². The zero-order valence-corrected chi connectivity index (χ0v) is 16.1. The Bertz CT molecular complexity index is 904. The quantitative estimate of drug-likeness (QED) is 0.571. The molecule has 140 valence electrons. The van der Waals surface area contributed by atoms with E-state index in [4.69, 9.17) is 0 Å². The highest BCUT2D eigenvalue weighted by Gasteiger charge is 2.14. The van der Waals surface area contributed by atoms with E-state index in [-0.39, 0.29) is 22.8 Å². The van der Waals surface area contributed by atoms with E-state index < -0.39 is 0 Å². The topological polar surface area (TPSA) is 86.9 Å². The molecule has 0 spiro atoms. The highest BCUT2D eigenvalue weighted by Crippen LogP contribution is 2.27. The van der Waals surface area contributed by atoms with E-state index in [0.717, 1.165) is 28.8 Å². The zero-order valence-electron chi connectivity index (χ0n) is 15.3. The van der Waals surface area contributed by atoms with Gasteiger partial charge in [-0.25, -0.2) is 4.98 Å². The minimum absolute atomic E-state index is 0.0282. The maximum atomic E-state index is 12.1. The number of amides is 2. The number of fused-ring (bicyclic) bond motifs is 1. The standard InChI is InChI=1S/C20H22N4O2S/c1-3-14-8-10-15(11-9-14)20(26)24-23-18(25)12-27-13(2)19-21-16-6-4-5-7-17(16)22-19/h4-11,13H,3,12H2,1-2H3,(H,21,22)(H,23,25)(H,24,26)/t13-/m0/s1. The van der Waals surface area contributed by atoms with Crippen molar-refractivity contribution >= 4 is 34.6 Å². The van der Waals surface area contributed by atoms with Gasteiger partial charge in [-0.1, -0.05) is 31.2 Å². The van der Waals surface area contributed by atoms with Crippen LogP contribution in [0.1, 0.15) is 40.8 Å². The van der Waals surface area contributed by atoms with Crippen molar-refractivity contribution in [2.45, 2.75) is 25.5 Å². The van der Waals surface area contributed by atoms with E-state index >= 15 is 0 Å². The summed E-state index contributed by atoms with van der Waals surface area (Å²) in [6.45, 7) is 4.04. The third-order valence-electron chi connectivity index (χ3n) is 4.20. The van der Waals surface area contributed by atoms with Crippen LogP contribution < -0.4 is 10.9 Å². The van der Waals surface area contributed by atoms with E-state index in [0.29, 0.717) is 5.56 Å². The number of carbonyl (C=O) groups excluding carboxylic acids is 2. The number of thioether (sulfide) groups is 1. The van der Waals surface area contributed by atoms with Crippen LogP contribution in [0.3, 0.4) is 0 Å². The van der Waals surface area contributed by atoms with Gasteiger partial charge in [0.25, 0.3) is 5.91 Å². The number of hydrazine groups is 1. The van der Waals surface area contributed by atoms with Crippen molar-refractivity contribution in [1.29, 1.82) is 0 Å². The molecule has 0 aliphatic rings. The molecule has 0 bridgehead atoms. The lowest BCUT2D eigenvalue weighted by Gasteiger charge is -2.10. The third kappa shape index (κ3) is 4.89.